The van der Waals surface area contributed by atoms with Gasteiger partial charge in [0.1, 0.15) is 6.04 Å². The number of hydrogen-bond acceptors (Lipinski definition) is 3. The summed E-state index contributed by atoms with van der Waals surface area (Å²) in [4.78, 5) is 12.3. The molecule has 1 atom stereocenters. The minimum atomic E-state index is -0.471. The van der Waals surface area contributed by atoms with Crippen molar-refractivity contribution in [3.63, 3.8) is 0 Å². The number of nitrogens with one attached hydrogen (secondary N) is 2. The van der Waals surface area contributed by atoms with Crippen LogP contribution in [-0.4, -0.2) is 22.7 Å². The minimum Gasteiger partial charge on any atom is -0.323 e. The fourth-order valence-corrected chi connectivity index (χ4v) is 2.25. The molecule has 0 aliphatic heterocycles. The number of carbonyl (C=O) groups excluding carboxylic acids is 1. The first kappa shape index (κ1) is 17.5. The molecular weight excluding hydrogens is 311 g/mol. The van der Waals surface area contributed by atoms with Crippen LogP contribution >= 0.6 is 24.0 Å². The number of benzene rings is 1. The van der Waals surface area contributed by atoms with Crippen molar-refractivity contribution in [1.29, 1.82) is 0 Å². The molecule has 114 valence electrons. The Morgan fingerprint density at radius 1 is 1.43 bits per heavy atom. The van der Waals surface area contributed by atoms with Gasteiger partial charge < -0.3 is 10.6 Å². The maximum absolute atomic E-state index is 12.3. The van der Waals surface area contributed by atoms with Gasteiger partial charge in [-0.25, -0.2) is 0 Å². The number of halogens is 2. The van der Waals surface area contributed by atoms with Crippen LogP contribution in [0.15, 0.2) is 30.6 Å². The van der Waals surface area contributed by atoms with Gasteiger partial charge in [0.2, 0.25) is 5.91 Å². The summed E-state index contributed by atoms with van der Waals surface area (Å²) in [5, 5.41) is 10.4. The molecule has 2 rings (SSSR count). The van der Waals surface area contributed by atoms with Crippen LogP contribution in [0, 0.1) is 6.92 Å². The average molecular weight is 329 g/mol. The fourth-order valence-electron chi connectivity index (χ4n) is 1.96. The molecule has 0 fully saturated rings. The molecule has 1 aromatic heterocycles. The van der Waals surface area contributed by atoms with Gasteiger partial charge in [-0.1, -0.05) is 17.7 Å². The number of rotatable bonds is 4. The lowest BCUT2D eigenvalue weighted by molar-refractivity contribution is -0.118. The highest BCUT2D eigenvalue weighted by Crippen LogP contribution is 2.24. The Labute approximate surface area is 135 Å². The Morgan fingerprint density at radius 2 is 2.14 bits per heavy atom. The average Bonchev–Trinajstić information content (AvgIpc) is 2.80. The molecule has 0 aliphatic rings. The van der Waals surface area contributed by atoms with Gasteiger partial charge in [0.05, 0.1) is 16.9 Å². The fraction of sp³-hybridized carbons (Fsp3) is 0.286. The Hall–Kier alpha value is -1.56. The summed E-state index contributed by atoms with van der Waals surface area (Å²) < 4.78 is 1.66. The predicted molar refractivity (Wildman–Crippen MR) is 87.1 cm³/mol. The highest BCUT2D eigenvalue weighted by atomic mass is 35.5. The van der Waals surface area contributed by atoms with Crippen LogP contribution in [0.4, 0.5) is 5.69 Å². The third kappa shape index (κ3) is 4.20. The van der Waals surface area contributed by atoms with Crippen LogP contribution in [0.25, 0.3) is 0 Å². The van der Waals surface area contributed by atoms with E-state index in [2.05, 4.69) is 15.7 Å². The zero-order chi connectivity index (χ0) is 14.7. The Balaban J connectivity index is 0.00000220. The van der Waals surface area contributed by atoms with E-state index in [1.54, 1.807) is 30.2 Å². The van der Waals surface area contributed by atoms with E-state index in [4.69, 9.17) is 11.6 Å². The lowest BCUT2D eigenvalue weighted by Crippen LogP contribution is -2.30. The second-order valence-electron chi connectivity index (χ2n) is 4.64. The van der Waals surface area contributed by atoms with Crippen LogP contribution in [-0.2, 0) is 11.8 Å². The number of aromatic nitrogens is 2. The van der Waals surface area contributed by atoms with Gasteiger partial charge in [0.15, 0.2) is 0 Å². The summed E-state index contributed by atoms with van der Waals surface area (Å²) in [7, 11) is 3.54. The summed E-state index contributed by atoms with van der Waals surface area (Å²) in [5.74, 6) is -0.175. The highest BCUT2D eigenvalue weighted by Gasteiger charge is 2.20. The smallest absolute Gasteiger partial charge is 0.246 e. The van der Waals surface area contributed by atoms with Gasteiger partial charge in [0.25, 0.3) is 0 Å². The molecule has 0 aliphatic carbocycles. The van der Waals surface area contributed by atoms with Crippen molar-refractivity contribution in [2.75, 3.05) is 12.4 Å². The van der Waals surface area contributed by atoms with Gasteiger partial charge in [-0.3, -0.25) is 9.48 Å². The van der Waals surface area contributed by atoms with Crippen molar-refractivity contribution in [3.8, 4) is 0 Å². The van der Waals surface area contributed by atoms with Gasteiger partial charge in [-0.05, 0) is 31.7 Å². The topological polar surface area (TPSA) is 59.0 Å². The molecule has 1 heterocycles. The number of nitrogens with zero attached hydrogens (tertiary/aromatic N) is 2. The van der Waals surface area contributed by atoms with Crippen LogP contribution in [0.2, 0.25) is 5.02 Å². The van der Waals surface area contributed by atoms with Gasteiger partial charge in [-0.15, -0.1) is 12.4 Å². The van der Waals surface area contributed by atoms with E-state index in [9.17, 15) is 4.79 Å². The first-order valence-corrected chi connectivity index (χ1v) is 6.62. The van der Waals surface area contributed by atoms with Crippen molar-refractivity contribution in [2.45, 2.75) is 13.0 Å². The minimum absolute atomic E-state index is 0. The van der Waals surface area contributed by atoms with Crippen molar-refractivity contribution in [1.82, 2.24) is 15.1 Å². The predicted octanol–water partition coefficient (Wildman–Crippen LogP) is 2.70. The Bertz CT molecular complexity index is 627. The molecule has 1 unspecified atom stereocenters. The van der Waals surface area contributed by atoms with E-state index in [1.807, 2.05) is 26.1 Å². The summed E-state index contributed by atoms with van der Waals surface area (Å²) in [5.41, 5.74) is 2.45. The van der Waals surface area contributed by atoms with Crippen molar-refractivity contribution < 1.29 is 4.79 Å². The SMILES string of the molecule is CNC(C(=O)Nc1ccc(C)cc1Cl)c1cnn(C)c1.Cl. The van der Waals surface area contributed by atoms with Crippen LogP contribution in [0.5, 0.6) is 0 Å². The number of likely N-dealkylation sites (N-methyl/N-ethyl adjacent to an activating group) is 1. The van der Waals surface area contributed by atoms with E-state index >= 15 is 0 Å². The number of hydrogen-bond donors (Lipinski definition) is 2. The molecule has 0 spiro atoms. The van der Waals surface area contributed by atoms with Crippen molar-refractivity contribution in [2.24, 2.45) is 7.05 Å². The van der Waals surface area contributed by atoms with E-state index in [0.29, 0.717) is 10.7 Å². The lowest BCUT2D eigenvalue weighted by Gasteiger charge is -2.15. The molecule has 0 saturated carbocycles. The molecule has 0 radical (unpaired) electrons. The quantitative estimate of drug-likeness (QED) is 0.907. The maximum atomic E-state index is 12.3. The molecule has 2 aromatic rings. The first-order chi connectivity index (χ1) is 9.51. The standard InChI is InChI=1S/C14H17ClN4O.ClH/c1-9-4-5-12(11(15)6-9)18-14(20)13(16-2)10-7-17-19(3)8-10;/h4-8,13,16H,1-3H3,(H,18,20);1H. The summed E-state index contributed by atoms with van der Waals surface area (Å²) in [6.45, 7) is 1.95. The van der Waals surface area contributed by atoms with Gasteiger partial charge >= 0.3 is 0 Å². The first-order valence-electron chi connectivity index (χ1n) is 6.24. The van der Waals surface area contributed by atoms with Crippen molar-refractivity contribution in [3.05, 3.63) is 46.7 Å². The normalized spacial score (nSPS) is 11.6. The molecule has 1 aromatic carbocycles. The number of amides is 1. The monoisotopic (exact) mass is 328 g/mol. The molecule has 1 amide bonds. The lowest BCUT2D eigenvalue weighted by atomic mass is 10.1. The third-order valence-electron chi connectivity index (χ3n) is 2.99. The number of anilines is 1. The zero-order valence-electron chi connectivity index (χ0n) is 12.1. The van der Waals surface area contributed by atoms with Crippen LogP contribution in [0.1, 0.15) is 17.2 Å². The summed E-state index contributed by atoms with van der Waals surface area (Å²) in [6, 6.07) is 5.04. The highest BCUT2D eigenvalue weighted by molar-refractivity contribution is 6.33. The molecule has 2 N–H and O–H groups in total. The van der Waals surface area contributed by atoms with Gasteiger partial charge in [0, 0.05) is 18.8 Å². The number of carbonyl (C=O) groups is 1. The van der Waals surface area contributed by atoms with E-state index in [-0.39, 0.29) is 18.3 Å². The second-order valence-corrected chi connectivity index (χ2v) is 5.05. The van der Waals surface area contributed by atoms with E-state index in [0.717, 1.165) is 11.1 Å². The second kappa shape index (κ2) is 7.45. The maximum Gasteiger partial charge on any atom is 0.246 e. The molecule has 21 heavy (non-hydrogen) atoms. The Kier molecular flexibility index (Phi) is 6.20. The number of aryl methyl sites for hydroxylation is 2. The third-order valence-corrected chi connectivity index (χ3v) is 3.30. The largest absolute Gasteiger partial charge is 0.323 e. The summed E-state index contributed by atoms with van der Waals surface area (Å²) in [6.07, 6.45) is 3.47. The van der Waals surface area contributed by atoms with Crippen molar-refractivity contribution >= 4 is 35.6 Å². The van der Waals surface area contributed by atoms with Crippen LogP contribution in [0.3, 0.4) is 0 Å². The molecule has 7 heteroatoms. The Morgan fingerprint density at radius 3 is 2.67 bits per heavy atom. The molecule has 5 nitrogen and oxygen atoms in total. The van der Waals surface area contributed by atoms with E-state index in [1.165, 1.54) is 0 Å². The zero-order valence-corrected chi connectivity index (χ0v) is 13.6. The molecular formula is C14H18Cl2N4O. The van der Waals surface area contributed by atoms with Crippen LogP contribution < -0.4 is 10.6 Å². The van der Waals surface area contributed by atoms with Gasteiger partial charge in [-0.2, -0.15) is 5.10 Å². The summed E-state index contributed by atoms with van der Waals surface area (Å²) >= 11 is 6.12. The molecule has 0 bridgehead atoms. The molecule has 0 saturated heterocycles. The van der Waals surface area contributed by atoms with E-state index < -0.39 is 6.04 Å².